The van der Waals surface area contributed by atoms with Gasteiger partial charge in [-0.1, -0.05) is 6.07 Å². The lowest BCUT2D eigenvalue weighted by Crippen LogP contribution is -2.33. The Morgan fingerprint density at radius 2 is 2.29 bits per heavy atom. The third kappa shape index (κ3) is 2.36. The van der Waals surface area contributed by atoms with Crippen molar-refractivity contribution < 1.29 is 9.18 Å². The van der Waals surface area contributed by atoms with Gasteiger partial charge in [-0.05, 0) is 18.6 Å². The third-order valence-corrected chi connectivity index (χ3v) is 2.71. The second-order valence-corrected chi connectivity index (χ2v) is 3.87. The Labute approximate surface area is 98.6 Å². The van der Waals surface area contributed by atoms with Gasteiger partial charge in [0, 0.05) is 13.1 Å². The van der Waals surface area contributed by atoms with Gasteiger partial charge in [0.05, 0.1) is 12.2 Å². The summed E-state index contributed by atoms with van der Waals surface area (Å²) in [6.07, 6.45) is 0.785. The summed E-state index contributed by atoms with van der Waals surface area (Å²) in [5, 5.41) is 11.7. The molecule has 17 heavy (non-hydrogen) atoms. The second-order valence-electron chi connectivity index (χ2n) is 3.87. The molecular formula is C12H12FN3O. The molecular weight excluding hydrogens is 221 g/mol. The number of halogens is 1. The average Bonchev–Trinajstić information content (AvgIpc) is 2.53. The highest BCUT2D eigenvalue weighted by molar-refractivity contribution is 5.82. The quantitative estimate of drug-likeness (QED) is 0.788. The van der Waals surface area contributed by atoms with Crippen molar-refractivity contribution in [1.82, 2.24) is 5.32 Å². The largest absolute Gasteiger partial charge is 0.361 e. The first-order valence-electron chi connectivity index (χ1n) is 5.42. The van der Waals surface area contributed by atoms with Crippen molar-refractivity contribution in [3.05, 3.63) is 29.6 Å². The van der Waals surface area contributed by atoms with Gasteiger partial charge in [-0.25, -0.2) is 4.39 Å². The molecule has 4 nitrogen and oxygen atoms in total. The van der Waals surface area contributed by atoms with E-state index in [1.54, 1.807) is 17.0 Å². The predicted octanol–water partition coefficient (Wildman–Crippen LogP) is 1.02. The minimum Gasteiger partial charge on any atom is -0.361 e. The van der Waals surface area contributed by atoms with Crippen LogP contribution in [0.25, 0.3) is 0 Å². The van der Waals surface area contributed by atoms with E-state index in [1.165, 1.54) is 6.07 Å². The Balaban J connectivity index is 2.36. The van der Waals surface area contributed by atoms with Gasteiger partial charge in [-0.3, -0.25) is 4.79 Å². The van der Waals surface area contributed by atoms with E-state index in [0.29, 0.717) is 18.8 Å². The molecule has 0 radical (unpaired) electrons. The fourth-order valence-electron chi connectivity index (χ4n) is 1.90. The van der Waals surface area contributed by atoms with Crippen LogP contribution in [0.3, 0.4) is 0 Å². The second kappa shape index (κ2) is 4.83. The van der Waals surface area contributed by atoms with Crippen molar-refractivity contribution in [3.8, 4) is 6.07 Å². The normalized spacial score (nSPS) is 16.0. The summed E-state index contributed by atoms with van der Waals surface area (Å²) in [6.45, 7) is 1.42. The average molecular weight is 233 g/mol. The van der Waals surface area contributed by atoms with Gasteiger partial charge in [0.15, 0.2) is 0 Å². The lowest BCUT2D eigenvalue weighted by molar-refractivity contribution is -0.119. The summed E-state index contributed by atoms with van der Waals surface area (Å²) in [5.74, 6) is -0.648. The smallest absolute Gasteiger partial charge is 0.239 e. The molecule has 0 atom stereocenters. The number of hydrogen-bond acceptors (Lipinski definition) is 3. The molecule has 1 N–H and O–H groups in total. The van der Waals surface area contributed by atoms with E-state index in [2.05, 4.69) is 5.32 Å². The zero-order valence-electron chi connectivity index (χ0n) is 9.24. The van der Waals surface area contributed by atoms with Crippen molar-refractivity contribution in [2.24, 2.45) is 0 Å². The van der Waals surface area contributed by atoms with E-state index >= 15 is 0 Å². The number of benzene rings is 1. The Morgan fingerprint density at radius 3 is 3.06 bits per heavy atom. The monoisotopic (exact) mass is 233 g/mol. The molecule has 1 aromatic rings. The van der Waals surface area contributed by atoms with Crippen molar-refractivity contribution in [2.75, 3.05) is 24.5 Å². The summed E-state index contributed by atoms with van der Waals surface area (Å²) in [7, 11) is 0. The Bertz CT molecular complexity index is 481. The van der Waals surface area contributed by atoms with Crippen LogP contribution in [0.5, 0.6) is 0 Å². The van der Waals surface area contributed by atoms with E-state index in [4.69, 9.17) is 5.26 Å². The van der Waals surface area contributed by atoms with Crippen LogP contribution in [0.2, 0.25) is 0 Å². The van der Waals surface area contributed by atoms with Gasteiger partial charge in [-0.15, -0.1) is 0 Å². The number of nitrogens with zero attached hydrogens (tertiary/aromatic N) is 2. The van der Waals surface area contributed by atoms with Gasteiger partial charge in [0.2, 0.25) is 5.91 Å². The number of carbonyl (C=O) groups excluding carboxylic acids is 1. The van der Waals surface area contributed by atoms with Gasteiger partial charge >= 0.3 is 0 Å². The lowest BCUT2D eigenvalue weighted by Gasteiger charge is -2.22. The maximum absolute atomic E-state index is 13.5. The van der Waals surface area contributed by atoms with Crippen LogP contribution in [0.1, 0.15) is 12.0 Å². The van der Waals surface area contributed by atoms with E-state index in [-0.39, 0.29) is 18.0 Å². The number of nitrogens with one attached hydrogen (secondary N) is 1. The standard InChI is InChI=1S/C12H12FN3O/c13-10-3-1-4-11(9(10)7-14)16-6-2-5-15-12(17)8-16/h1,3-4H,2,5-6,8H2,(H,15,17). The van der Waals surface area contributed by atoms with E-state index < -0.39 is 5.82 Å². The summed E-state index contributed by atoms with van der Waals surface area (Å²) in [5.41, 5.74) is 0.492. The maximum Gasteiger partial charge on any atom is 0.239 e. The first-order chi connectivity index (χ1) is 8.22. The number of amides is 1. The Morgan fingerprint density at radius 1 is 1.47 bits per heavy atom. The van der Waals surface area contributed by atoms with Crippen LogP contribution in [0, 0.1) is 17.1 Å². The molecule has 0 saturated carbocycles. The van der Waals surface area contributed by atoms with Crippen LogP contribution >= 0.6 is 0 Å². The highest BCUT2D eigenvalue weighted by atomic mass is 19.1. The van der Waals surface area contributed by atoms with Crippen LogP contribution in [0.15, 0.2) is 18.2 Å². The molecule has 1 saturated heterocycles. The SMILES string of the molecule is N#Cc1c(F)cccc1N1CCCNC(=O)C1. The molecule has 0 bridgehead atoms. The molecule has 0 aliphatic carbocycles. The topological polar surface area (TPSA) is 56.1 Å². The molecule has 1 fully saturated rings. The van der Waals surface area contributed by atoms with Gasteiger partial charge < -0.3 is 10.2 Å². The molecule has 0 aromatic heterocycles. The predicted molar refractivity (Wildman–Crippen MR) is 61.0 cm³/mol. The van der Waals surface area contributed by atoms with Crippen LogP contribution in [0.4, 0.5) is 10.1 Å². The molecule has 1 aliphatic rings. The molecule has 0 spiro atoms. The Kier molecular flexibility index (Phi) is 3.24. The van der Waals surface area contributed by atoms with Crippen molar-refractivity contribution in [3.63, 3.8) is 0 Å². The van der Waals surface area contributed by atoms with Crippen molar-refractivity contribution in [2.45, 2.75) is 6.42 Å². The molecule has 1 aliphatic heterocycles. The first-order valence-corrected chi connectivity index (χ1v) is 5.42. The van der Waals surface area contributed by atoms with E-state index in [0.717, 1.165) is 6.42 Å². The third-order valence-electron chi connectivity index (χ3n) is 2.71. The summed E-state index contributed by atoms with van der Waals surface area (Å²) >= 11 is 0. The van der Waals surface area contributed by atoms with Gasteiger partial charge in [-0.2, -0.15) is 5.26 Å². The number of carbonyl (C=O) groups is 1. The molecule has 88 valence electrons. The van der Waals surface area contributed by atoms with Gasteiger partial charge in [0.1, 0.15) is 17.4 Å². The van der Waals surface area contributed by atoms with Crippen LogP contribution < -0.4 is 10.2 Å². The molecule has 0 unspecified atom stereocenters. The summed E-state index contributed by atoms with van der Waals surface area (Å²) < 4.78 is 13.5. The molecule has 2 rings (SSSR count). The summed E-state index contributed by atoms with van der Waals surface area (Å²) in [6, 6.07) is 6.31. The van der Waals surface area contributed by atoms with Crippen molar-refractivity contribution >= 4 is 11.6 Å². The first kappa shape index (κ1) is 11.4. The van der Waals surface area contributed by atoms with E-state index in [9.17, 15) is 9.18 Å². The minimum absolute atomic E-state index is 0.00204. The fraction of sp³-hybridized carbons (Fsp3) is 0.333. The number of nitriles is 1. The van der Waals surface area contributed by atoms with Crippen LogP contribution in [-0.4, -0.2) is 25.5 Å². The summed E-state index contributed by atoms with van der Waals surface area (Å²) in [4.78, 5) is 13.2. The fourth-order valence-corrected chi connectivity index (χ4v) is 1.90. The van der Waals surface area contributed by atoms with Crippen LogP contribution in [-0.2, 0) is 4.79 Å². The highest BCUT2D eigenvalue weighted by Crippen LogP contribution is 2.23. The highest BCUT2D eigenvalue weighted by Gasteiger charge is 2.19. The Hall–Kier alpha value is -2.09. The van der Waals surface area contributed by atoms with E-state index in [1.807, 2.05) is 6.07 Å². The molecule has 5 heteroatoms. The number of anilines is 1. The van der Waals surface area contributed by atoms with Crippen molar-refractivity contribution in [1.29, 1.82) is 5.26 Å². The molecule has 1 amide bonds. The zero-order chi connectivity index (χ0) is 12.3. The molecule has 1 aromatic carbocycles. The lowest BCUT2D eigenvalue weighted by atomic mass is 10.1. The number of rotatable bonds is 1. The molecule has 1 heterocycles. The maximum atomic E-state index is 13.5. The zero-order valence-corrected chi connectivity index (χ0v) is 9.24. The van der Waals surface area contributed by atoms with Gasteiger partial charge in [0.25, 0.3) is 0 Å². The number of hydrogen-bond donors (Lipinski definition) is 1. The minimum atomic E-state index is -0.547.